The highest BCUT2D eigenvalue weighted by Crippen LogP contribution is 2.40. The van der Waals surface area contributed by atoms with Crippen LogP contribution in [0.1, 0.15) is 48.5 Å². The van der Waals surface area contributed by atoms with Crippen molar-refractivity contribution in [2.75, 3.05) is 26.2 Å². The molecule has 0 bridgehead atoms. The van der Waals surface area contributed by atoms with E-state index in [1.807, 2.05) is 4.90 Å². The summed E-state index contributed by atoms with van der Waals surface area (Å²) in [7, 11) is 0. The van der Waals surface area contributed by atoms with Crippen LogP contribution in [-0.2, 0) is 4.79 Å². The van der Waals surface area contributed by atoms with Crippen LogP contribution in [0, 0.1) is 16.7 Å². The molecule has 0 saturated carbocycles. The molecule has 0 aromatic heterocycles. The average molecular weight is 355 g/mol. The Labute approximate surface area is 154 Å². The maximum Gasteiger partial charge on any atom is 0.253 e. The number of piperidine rings is 2. The zero-order valence-corrected chi connectivity index (χ0v) is 15.1. The molecule has 2 amide bonds. The molecule has 2 heterocycles. The van der Waals surface area contributed by atoms with E-state index in [0.717, 1.165) is 19.3 Å². The van der Waals surface area contributed by atoms with Crippen molar-refractivity contribution in [1.82, 2.24) is 9.80 Å². The van der Waals surface area contributed by atoms with Crippen LogP contribution >= 0.6 is 0 Å². The minimum atomic E-state index is -0.521. The van der Waals surface area contributed by atoms with Crippen LogP contribution in [0.5, 0.6) is 0 Å². The molecule has 2 saturated heterocycles. The van der Waals surface area contributed by atoms with E-state index in [2.05, 4.69) is 6.07 Å². The molecule has 2 fully saturated rings. The van der Waals surface area contributed by atoms with Gasteiger partial charge in [0.05, 0.1) is 17.7 Å². The van der Waals surface area contributed by atoms with Gasteiger partial charge >= 0.3 is 0 Å². The van der Waals surface area contributed by atoms with E-state index in [-0.39, 0.29) is 17.2 Å². The van der Waals surface area contributed by atoms with Crippen molar-refractivity contribution in [3.63, 3.8) is 0 Å². The molecule has 2 aliphatic rings. The fourth-order valence-electron chi connectivity index (χ4n) is 4.05. The quantitative estimate of drug-likeness (QED) is 0.896. The number of hydrogen-bond acceptors (Lipinski definition) is 4. The number of carbonyl (C=O) groups is 2. The number of aliphatic hydroxyl groups excluding tert-OH is 1. The van der Waals surface area contributed by atoms with E-state index in [0.29, 0.717) is 43.7 Å². The third-order valence-electron chi connectivity index (χ3n) is 5.61. The summed E-state index contributed by atoms with van der Waals surface area (Å²) >= 11 is 0. The Kier molecular flexibility index (Phi) is 5.28. The lowest BCUT2D eigenvalue weighted by Gasteiger charge is -2.47. The summed E-state index contributed by atoms with van der Waals surface area (Å²) in [5.74, 6) is 0.115. The predicted molar refractivity (Wildman–Crippen MR) is 96.2 cm³/mol. The Morgan fingerprint density at radius 2 is 1.92 bits per heavy atom. The van der Waals surface area contributed by atoms with Crippen LogP contribution in [0.4, 0.5) is 0 Å². The van der Waals surface area contributed by atoms with Gasteiger partial charge in [-0.05, 0) is 55.9 Å². The van der Waals surface area contributed by atoms with E-state index in [1.165, 1.54) is 0 Å². The van der Waals surface area contributed by atoms with Crippen molar-refractivity contribution in [1.29, 1.82) is 5.26 Å². The SMILES string of the molecule is C[C@@H](O)CN1CC2(CCC1=O)CCN(C(=O)c1ccc(C#N)cc1)CC2. The number of hydrogen-bond donors (Lipinski definition) is 1. The summed E-state index contributed by atoms with van der Waals surface area (Å²) in [6.07, 6.45) is 2.61. The number of rotatable bonds is 3. The first-order valence-corrected chi connectivity index (χ1v) is 9.18. The van der Waals surface area contributed by atoms with E-state index in [4.69, 9.17) is 5.26 Å². The second-order valence-electron chi connectivity index (χ2n) is 7.60. The molecule has 1 aromatic carbocycles. The highest BCUT2D eigenvalue weighted by Gasteiger charge is 2.41. The molecule has 0 radical (unpaired) electrons. The molecule has 1 atom stereocenters. The van der Waals surface area contributed by atoms with E-state index in [9.17, 15) is 14.7 Å². The van der Waals surface area contributed by atoms with Gasteiger partial charge in [0.15, 0.2) is 0 Å². The van der Waals surface area contributed by atoms with Gasteiger partial charge in [0.2, 0.25) is 5.91 Å². The summed E-state index contributed by atoms with van der Waals surface area (Å²) in [4.78, 5) is 28.4. The molecule has 0 aliphatic carbocycles. The molecular weight excluding hydrogens is 330 g/mol. The van der Waals surface area contributed by atoms with Crippen LogP contribution in [0.3, 0.4) is 0 Å². The first kappa shape index (κ1) is 18.4. The highest BCUT2D eigenvalue weighted by molar-refractivity contribution is 5.94. The van der Waals surface area contributed by atoms with Crippen LogP contribution < -0.4 is 0 Å². The summed E-state index contributed by atoms with van der Waals surface area (Å²) in [5.41, 5.74) is 1.21. The first-order valence-electron chi connectivity index (χ1n) is 9.18. The predicted octanol–water partition coefficient (Wildman–Crippen LogP) is 1.78. The Balaban J connectivity index is 1.62. The molecular formula is C20H25N3O3. The lowest BCUT2D eigenvalue weighted by atomic mass is 9.72. The molecule has 2 aliphatic heterocycles. The molecule has 1 N–H and O–H groups in total. The average Bonchev–Trinajstić information content (AvgIpc) is 2.65. The van der Waals surface area contributed by atoms with E-state index in [1.54, 1.807) is 36.1 Å². The van der Waals surface area contributed by atoms with Crippen molar-refractivity contribution in [3.8, 4) is 6.07 Å². The fraction of sp³-hybridized carbons (Fsp3) is 0.550. The van der Waals surface area contributed by atoms with Gasteiger partial charge in [0, 0.05) is 38.2 Å². The van der Waals surface area contributed by atoms with Crippen molar-refractivity contribution in [3.05, 3.63) is 35.4 Å². The van der Waals surface area contributed by atoms with Crippen molar-refractivity contribution < 1.29 is 14.7 Å². The van der Waals surface area contributed by atoms with Crippen molar-refractivity contribution in [2.45, 2.75) is 38.7 Å². The highest BCUT2D eigenvalue weighted by atomic mass is 16.3. The van der Waals surface area contributed by atoms with Gasteiger partial charge in [-0.2, -0.15) is 5.26 Å². The third kappa shape index (κ3) is 3.88. The Bertz CT molecular complexity index is 713. The van der Waals surface area contributed by atoms with E-state index < -0.39 is 6.10 Å². The zero-order chi connectivity index (χ0) is 18.7. The number of benzene rings is 1. The lowest BCUT2D eigenvalue weighted by molar-refractivity contribution is -0.140. The number of carbonyl (C=O) groups excluding carboxylic acids is 2. The Morgan fingerprint density at radius 1 is 1.27 bits per heavy atom. The molecule has 6 heteroatoms. The topological polar surface area (TPSA) is 84.6 Å². The van der Waals surface area contributed by atoms with Crippen molar-refractivity contribution >= 4 is 11.8 Å². The number of likely N-dealkylation sites (tertiary alicyclic amines) is 2. The second-order valence-corrected chi connectivity index (χ2v) is 7.60. The Hall–Kier alpha value is -2.39. The van der Waals surface area contributed by atoms with Gasteiger partial charge in [-0.15, -0.1) is 0 Å². The zero-order valence-electron chi connectivity index (χ0n) is 15.1. The maximum absolute atomic E-state index is 12.7. The van der Waals surface area contributed by atoms with Crippen molar-refractivity contribution in [2.24, 2.45) is 5.41 Å². The largest absolute Gasteiger partial charge is 0.392 e. The summed E-state index contributed by atoms with van der Waals surface area (Å²) in [5, 5.41) is 18.5. The number of nitriles is 1. The number of amides is 2. The summed E-state index contributed by atoms with van der Waals surface area (Å²) in [6.45, 7) is 4.11. The lowest BCUT2D eigenvalue weighted by Crippen LogP contribution is -2.53. The molecule has 3 rings (SSSR count). The van der Waals surface area contributed by atoms with Gasteiger partial charge in [-0.25, -0.2) is 0 Å². The van der Waals surface area contributed by atoms with E-state index >= 15 is 0 Å². The number of nitrogens with zero attached hydrogens (tertiary/aromatic N) is 3. The monoisotopic (exact) mass is 355 g/mol. The van der Waals surface area contributed by atoms with Gasteiger partial charge in [0.1, 0.15) is 0 Å². The van der Waals surface area contributed by atoms with Crippen LogP contribution in [0.2, 0.25) is 0 Å². The normalized spacial score (nSPS) is 20.7. The third-order valence-corrected chi connectivity index (χ3v) is 5.61. The summed E-state index contributed by atoms with van der Waals surface area (Å²) < 4.78 is 0. The smallest absolute Gasteiger partial charge is 0.253 e. The molecule has 0 unspecified atom stereocenters. The molecule has 1 aromatic rings. The second kappa shape index (κ2) is 7.46. The fourth-order valence-corrected chi connectivity index (χ4v) is 4.05. The molecule has 138 valence electrons. The van der Waals surface area contributed by atoms with Crippen LogP contribution in [0.25, 0.3) is 0 Å². The number of β-amino-alcohol motifs (C(OH)–C–C–N with tert-alkyl or cyclic N) is 1. The maximum atomic E-state index is 12.7. The Morgan fingerprint density at radius 3 is 2.50 bits per heavy atom. The molecule has 1 spiro atoms. The minimum absolute atomic E-state index is 0.00272. The molecule has 6 nitrogen and oxygen atoms in total. The van der Waals surface area contributed by atoms with Crippen LogP contribution in [-0.4, -0.2) is 59.0 Å². The molecule has 26 heavy (non-hydrogen) atoms. The van der Waals surface area contributed by atoms with Gasteiger partial charge in [0.25, 0.3) is 5.91 Å². The van der Waals surface area contributed by atoms with Gasteiger partial charge in [-0.3, -0.25) is 9.59 Å². The summed E-state index contributed by atoms with van der Waals surface area (Å²) in [6, 6.07) is 8.80. The van der Waals surface area contributed by atoms with Gasteiger partial charge in [-0.1, -0.05) is 0 Å². The minimum Gasteiger partial charge on any atom is -0.392 e. The van der Waals surface area contributed by atoms with Gasteiger partial charge < -0.3 is 14.9 Å². The van der Waals surface area contributed by atoms with Crippen LogP contribution in [0.15, 0.2) is 24.3 Å². The standard InChI is InChI=1S/C20H25N3O3/c1-15(24)13-23-14-20(7-6-18(23)25)8-10-22(11-9-20)19(26)17-4-2-16(12-21)3-5-17/h2-5,15,24H,6-11,13-14H2,1H3/t15-/m1/s1. The first-order chi connectivity index (χ1) is 12.4. The number of aliphatic hydroxyl groups is 1.